The van der Waals surface area contributed by atoms with E-state index in [9.17, 15) is 61.5 Å². The maximum absolute atomic E-state index is 13.3. The fourth-order valence-electron chi connectivity index (χ4n) is 1.53. The standard InChI is InChI=1S/C9H8F14N2O2/c10-4(11,6(14,15)8(18,19)20)2(24,26)1-3(25,27)5(12,13)7(16,17)9(21,22)23/h26-27H,1,24-25H2/t2-,3-/m0/s1. The average Bonchev–Trinajstić information content (AvgIpc) is 2.33. The molecule has 6 N–H and O–H groups in total. The zero-order valence-corrected chi connectivity index (χ0v) is 12.0. The first-order chi connectivity index (χ1) is 11.2. The summed E-state index contributed by atoms with van der Waals surface area (Å²) in [5.41, 5.74) is -3.40. The lowest BCUT2D eigenvalue weighted by molar-refractivity contribution is -0.409. The van der Waals surface area contributed by atoms with E-state index in [-0.39, 0.29) is 0 Å². The molecule has 27 heavy (non-hydrogen) atoms. The van der Waals surface area contributed by atoms with Gasteiger partial charge in [-0.2, -0.15) is 61.5 Å². The van der Waals surface area contributed by atoms with Crippen LogP contribution in [-0.4, -0.2) is 57.7 Å². The van der Waals surface area contributed by atoms with Crippen molar-refractivity contribution in [3.05, 3.63) is 0 Å². The van der Waals surface area contributed by atoms with Gasteiger partial charge < -0.3 is 10.2 Å². The highest BCUT2D eigenvalue weighted by Gasteiger charge is 2.83. The Morgan fingerprint density at radius 3 is 0.778 bits per heavy atom. The molecule has 0 bridgehead atoms. The molecular weight excluding hydrogens is 434 g/mol. The van der Waals surface area contributed by atoms with Crippen molar-refractivity contribution in [2.45, 2.75) is 53.9 Å². The Hall–Kier alpha value is -1.14. The summed E-state index contributed by atoms with van der Waals surface area (Å²) in [5, 5.41) is 17.7. The van der Waals surface area contributed by atoms with Crippen molar-refractivity contribution in [2.75, 3.05) is 0 Å². The highest BCUT2D eigenvalue weighted by molar-refractivity contribution is 5.09. The van der Waals surface area contributed by atoms with Gasteiger partial charge in [-0.15, -0.1) is 0 Å². The molecule has 0 spiro atoms. The first-order valence-corrected chi connectivity index (χ1v) is 5.88. The Kier molecular flexibility index (Phi) is 5.92. The van der Waals surface area contributed by atoms with Gasteiger partial charge in [0.25, 0.3) is 0 Å². The maximum atomic E-state index is 13.3. The van der Waals surface area contributed by atoms with Crippen molar-refractivity contribution < 1.29 is 71.7 Å². The van der Waals surface area contributed by atoms with Crippen molar-refractivity contribution in [3.63, 3.8) is 0 Å². The summed E-state index contributed by atoms with van der Waals surface area (Å²) in [7, 11) is 0. The topological polar surface area (TPSA) is 92.5 Å². The van der Waals surface area contributed by atoms with Gasteiger partial charge in [-0.05, 0) is 0 Å². The lowest BCUT2D eigenvalue weighted by atomic mass is 9.86. The molecule has 0 radical (unpaired) electrons. The second kappa shape index (κ2) is 6.18. The minimum Gasteiger partial charge on any atom is -0.370 e. The summed E-state index contributed by atoms with van der Waals surface area (Å²) in [6.07, 6.45) is -18.0. The number of hydrogen-bond donors (Lipinski definition) is 4. The van der Waals surface area contributed by atoms with Gasteiger partial charge in [0.1, 0.15) is 0 Å². The minimum atomic E-state index is -7.30. The van der Waals surface area contributed by atoms with E-state index in [0.717, 1.165) is 0 Å². The third-order valence-corrected chi connectivity index (χ3v) is 3.13. The number of alkyl halides is 14. The van der Waals surface area contributed by atoms with Crippen molar-refractivity contribution in [1.82, 2.24) is 0 Å². The molecule has 0 aromatic carbocycles. The largest absolute Gasteiger partial charge is 0.460 e. The molecule has 0 saturated carbocycles. The second-order valence-corrected chi connectivity index (χ2v) is 5.32. The van der Waals surface area contributed by atoms with Gasteiger partial charge in [0.2, 0.25) is 0 Å². The van der Waals surface area contributed by atoms with Crippen LogP contribution >= 0.6 is 0 Å². The van der Waals surface area contributed by atoms with E-state index >= 15 is 0 Å². The van der Waals surface area contributed by atoms with Crippen molar-refractivity contribution in [1.29, 1.82) is 0 Å². The SMILES string of the molecule is N[C@](O)(C[C@](N)(O)C(F)(F)C(F)(F)C(F)(F)F)C(F)(F)C(F)(F)C(F)(F)F. The van der Waals surface area contributed by atoms with Crippen LogP contribution < -0.4 is 11.5 Å². The second-order valence-electron chi connectivity index (χ2n) is 5.32. The van der Waals surface area contributed by atoms with Crippen LogP contribution in [0.3, 0.4) is 0 Å². The van der Waals surface area contributed by atoms with E-state index in [1.54, 1.807) is 0 Å². The zero-order chi connectivity index (χ0) is 22.7. The molecule has 0 aliphatic heterocycles. The Balaban J connectivity index is 6.19. The Labute approximate surface area is 138 Å². The quantitative estimate of drug-likeness (QED) is 0.376. The molecule has 164 valence electrons. The number of aliphatic hydroxyl groups is 2. The van der Waals surface area contributed by atoms with Crippen LogP contribution in [-0.2, 0) is 0 Å². The minimum absolute atomic E-state index is 3.57. The van der Waals surface area contributed by atoms with E-state index < -0.39 is 53.9 Å². The normalized spacial score (nSPS) is 20.2. The molecule has 0 fully saturated rings. The van der Waals surface area contributed by atoms with Crippen molar-refractivity contribution >= 4 is 0 Å². The van der Waals surface area contributed by atoms with Crippen molar-refractivity contribution in [2.24, 2.45) is 11.5 Å². The lowest BCUT2D eigenvalue weighted by Crippen LogP contribution is -2.75. The Bertz CT molecular complexity index is 502. The molecule has 4 nitrogen and oxygen atoms in total. The number of nitrogens with two attached hydrogens (primary N) is 2. The first-order valence-electron chi connectivity index (χ1n) is 5.88. The van der Waals surface area contributed by atoms with Gasteiger partial charge in [-0.25, -0.2) is 0 Å². The van der Waals surface area contributed by atoms with E-state index in [1.165, 1.54) is 0 Å². The van der Waals surface area contributed by atoms with Crippen LogP contribution in [0.5, 0.6) is 0 Å². The average molecular weight is 442 g/mol. The lowest BCUT2D eigenvalue weighted by Gasteiger charge is -2.44. The zero-order valence-electron chi connectivity index (χ0n) is 12.0. The van der Waals surface area contributed by atoms with Crippen LogP contribution in [0, 0.1) is 0 Å². The predicted octanol–water partition coefficient (Wildman–Crippen LogP) is 2.34. The summed E-state index contributed by atoms with van der Waals surface area (Å²) in [4.78, 5) is 0. The van der Waals surface area contributed by atoms with Crippen molar-refractivity contribution in [3.8, 4) is 0 Å². The van der Waals surface area contributed by atoms with Gasteiger partial charge in [0, 0.05) is 6.42 Å². The molecule has 0 heterocycles. The molecule has 0 unspecified atom stereocenters. The first kappa shape index (κ1) is 25.9. The number of hydrogen-bond acceptors (Lipinski definition) is 4. The van der Waals surface area contributed by atoms with Crippen LogP contribution in [0.25, 0.3) is 0 Å². The monoisotopic (exact) mass is 442 g/mol. The summed E-state index contributed by atoms with van der Waals surface area (Å²) >= 11 is 0. The van der Waals surface area contributed by atoms with Gasteiger partial charge in [0.05, 0.1) is 0 Å². The molecule has 0 amide bonds. The molecule has 0 rings (SSSR count). The molecule has 0 aliphatic rings. The molecule has 0 aliphatic carbocycles. The maximum Gasteiger partial charge on any atom is 0.460 e. The van der Waals surface area contributed by atoms with E-state index in [0.29, 0.717) is 0 Å². The molecule has 0 aromatic rings. The fourth-order valence-corrected chi connectivity index (χ4v) is 1.53. The predicted molar refractivity (Wildman–Crippen MR) is 54.8 cm³/mol. The van der Waals surface area contributed by atoms with Crippen LogP contribution in [0.2, 0.25) is 0 Å². The highest BCUT2D eigenvalue weighted by Crippen LogP contribution is 2.54. The highest BCUT2D eigenvalue weighted by atomic mass is 19.4. The molecular formula is C9H8F14N2O2. The summed E-state index contributed by atoms with van der Waals surface area (Å²) in [6.45, 7) is 0. The summed E-state index contributed by atoms with van der Waals surface area (Å²) in [6, 6.07) is 0. The third-order valence-electron chi connectivity index (χ3n) is 3.13. The van der Waals surface area contributed by atoms with Gasteiger partial charge in [-0.1, -0.05) is 0 Å². The van der Waals surface area contributed by atoms with E-state index in [4.69, 9.17) is 10.2 Å². The van der Waals surface area contributed by atoms with Gasteiger partial charge >= 0.3 is 36.0 Å². The summed E-state index contributed by atoms with van der Waals surface area (Å²) in [5.74, 6) is -28.6. The third kappa shape index (κ3) is 3.75. The van der Waals surface area contributed by atoms with E-state index in [2.05, 4.69) is 11.5 Å². The fraction of sp³-hybridized carbons (Fsp3) is 1.00. The molecule has 0 saturated heterocycles. The van der Waals surface area contributed by atoms with Gasteiger partial charge in [-0.3, -0.25) is 11.5 Å². The molecule has 18 heteroatoms. The number of rotatable bonds is 6. The summed E-state index contributed by atoms with van der Waals surface area (Å²) < 4.78 is 176. The van der Waals surface area contributed by atoms with Gasteiger partial charge in [0.15, 0.2) is 11.4 Å². The van der Waals surface area contributed by atoms with Crippen LogP contribution in [0.4, 0.5) is 61.5 Å². The Morgan fingerprint density at radius 1 is 0.444 bits per heavy atom. The molecule has 2 atom stereocenters. The van der Waals surface area contributed by atoms with Crippen LogP contribution in [0.15, 0.2) is 0 Å². The van der Waals surface area contributed by atoms with E-state index in [1.807, 2.05) is 0 Å². The number of halogens is 14. The smallest absolute Gasteiger partial charge is 0.370 e. The van der Waals surface area contributed by atoms with Crippen LogP contribution in [0.1, 0.15) is 6.42 Å². The molecule has 0 aromatic heterocycles. The Morgan fingerprint density at radius 2 is 0.630 bits per heavy atom.